The molecule has 0 saturated heterocycles. The largest absolute Gasteiger partial charge is 0.544 e. The third kappa shape index (κ3) is 6.54. The SMILES string of the molecule is CCCC(NS(=O)C(C)(C)C)c1ccc(O[Si](C)(C)C(C)(C)C)cc1. The Bertz CT molecular complexity index is 571. The van der Waals surface area contributed by atoms with Gasteiger partial charge in [-0.05, 0) is 63.0 Å². The van der Waals surface area contributed by atoms with Crippen LogP contribution in [0.3, 0.4) is 0 Å². The lowest BCUT2D eigenvalue weighted by molar-refractivity contribution is 0.491. The van der Waals surface area contributed by atoms with Crippen LogP contribution in [-0.4, -0.2) is 17.3 Å². The van der Waals surface area contributed by atoms with Crippen molar-refractivity contribution < 1.29 is 8.63 Å². The van der Waals surface area contributed by atoms with Gasteiger partial charge in [-0.1, -0.05) is 46.2 Å². The lowest BCUT2D eigenvalue weighted by Crippen LogP contribution is -2.43. The summed E-state index contributed by atoms with van der Waals surface area (Å²) in [6.07, 6.45) is 2.01. The third-order valence-electron chi connectivity index (χ3n) is 4.84. The van der Waals surface area contributed by atoms with E-state index in [1.807, 2.05) is 20.8 Å². The minimum absolute atomic E-state index is 0.104. The predicted molar refractivity (Wildman–Crippen MR) is 113 cm³/mol. The number of hydrogen-bond acceptors (Lipinski definition) is 2. The number of hydrogen-bond donors (Lipinski definition) is 1. The Morgan fingerprint density at radius 2 is 1.60 bits per heavy atom. The highest BCUT2D eigenvalue weighted by Crippen LogP contribution is 2.37. The normalized spacial score (nSPS) is 15.7. The summed E-state index contributed by atoms with van der Waals surface area (Å²) in [5.74, 6) is 0.933. The molecular weight excluding hydrogens is 346 g/mol. The second-order valence-corrected chi connectivity index (χ2v) is 16.0. The fourth-order valence-corrected chi connectivity index (χ4v) is 4.00. The van der Waals surface area contributed by atoms with Gasteiger partial charge < -0.3 is 4.43 Å². The van der Waals surface area contributed by atoms with Crippen molar-refractivity contribution >= 4 is 19.3 Å². The summed E-state index contributed by atoms with van der Waals surface area (Å²) in [5, 5.41) is 0.182. The molecule has 0 fully saturated rings. The van der Waals surface area contributed by atoms with Crippen molar-refractivity contribution in [3.63, 3.8) is 0 Å². The highest BCUT2D eigenvalue weighted by molar-refractivity contribution is 7.84. The van der Waals surface area contributed by atoms with Gasteiger partial charge in [0.15, 0.2) is 0 Å². The zero-order valence-corrected chi connectivity index (χ0v) is 19.3. The molecule has 25 heavy (non-hydrogen) atoms. The topological polar surface area (TPSA) is 38.3 Å². The smallest absolute Gasteiger partial charge is 0.250 e. The molecule has 144 valence electrons. The Hall–Kier alpha value is -0.653. The molecule has 0 radical (unpaired) electrons. The van der Waals surface area contributed by atoms with Crippen molar-refractivity contribution in [2.75, 3.05) is 0 Å². The quantitative estimate of drug-likeness (QED) is 0.590. The Morgan fingerprint density at radius 1 is 1.08 bits per heavy atom. The minimum Gasteiger partial charge on any atom is -0.544 e. The van der Waals surface area contributed by atoms with Gasteiger partial charge in [-0.25, -0.2) is 8.93 Å². The molecular formula is C20H37NO2SSi. The molecule has 1 aromatic carbocycles. The lowest BCUT2D eigenvalue weighted by atomic mass is 10.0. The van der Waals surface area contributed by atoms with Gasteiger partial charge in [-0.2, -0.15) is 0 Å². The van der Waals surface area contributed by atoms with Crippen molar-refractivity contribution in [2.45, 2.75) is 90.2 Å². The van der Waals surface area contributed by atoms with Gasteiger partial charge in [0, 0.05) is 6.04 Å². The molecule has 0 aliphatic heterocycles. The van der Waals surface area contributed by atoms with Gasteiger partial charge in [0.2, 0.25) is 8.32 Å². The molecule has 0 aliphatic carbocycles. The molecule has 2 atom stereocenters. The van der Waals surface area contributed by atoms with E-state index >= 15 is 0 Å². The van der Waals surface area contributed by atoms with Gasteiger partial charge >= 0.3 is 0 Å². The first kappa shape index (κ1) is 22.4. The summed E-state index contributed by atoms with van der Waals surface area (Å²) in [6.45, 7) is 19.4. The van der Waals surface area contributed by atoms with Crippen molar-refractivity contribution in [3.05, 3.63) is 29.8 Å². The van der Waals surface area contributed by atoms with Crippen LogP contribution in [0.1, 0.15) is 72.9 Å². The average molecular weight is 384 g/mol. The van der Waals surface area contributed by atoms with Crippen molar-refractivity contribution in [3.8, 4) is 5.75 Å². The van der Waals surface area contributed by atoms with Crippen LogP contribution in [0.4, 0.5) is 0 Å². The molecule has 1 N–H and O–H groups in total. The monoisotopic (exact) mass is 383 g/mol. The Labute approximate surface area is 158 Å². The second-order valence-electron chi connectivity index (χ2n) is 9.27. The zero-order valence-electron chi connectivity index (χ0n) is 17.5. The maximum absolute atomic E-state index is 12.5. The molecule has 5 heteroatoms. The predicted octanol–water partition coefficient (Wildman–Crippen LogP) is 5.96. The summed E-state index contributed by atoms with van der Waals surface area (Å²) in [7, 11) is -2.90. The van der Waals surface area contributed by atoms with Crippen molar-refractivity contribution in [2.24, 2.45) is 0 Å². The van der Waals surface area contributed by atoms with E-state index in [4.69, 9.17) is 4.43 Å². The molecule has 0 aliphatic rings. The number of rotatable bonds is 7. The molecule has 1 rings (SSSR count). The maximum Gasteiger partial charge on any atom is 0.250 e. The minimum atomic E-state index is -1.82. The van der Waals surface area contributed by atoms with Crippen molar-refractivity contribution in [1.29, 1.82) is 0 Å². The molecule has 3 nitrogen and oxygen atoms in total. The fraction of sp³-hybridized carbons (Fsp3) is 0.700. The molecule has 0 bridgehead atoms. The van der Waals surface area contributed by atoms with E-state index in [0.717, 1.165) is 18.6 Å². The van der Waals surface area contributed by atoms with Crippen molar-refractivity contribution in [1.82, 2.24) is 4.72 Å². The molecule has 1 aromatic rings. The van der Waals surface area contributed by atoms with E-state index in [1.165, 1.54) is 5.56 Å². The van der Waals surface area contributed by atoms with E-state index in [1.54, 1.807) is 0 Å². The molecule has 0 heterocycles. The van der Waals surface area contributed by atoms with Crippen LogP contribution in [0, 0.1) is 0 Å². The summed E-state index contributed by atoms with van der Waals surface area (Å²) >= 11 is 0. The van der Waals surface area contributed by atoms with Gasteiger partial charge in [-0.3, -0.25) is 0 Å². The van der Waals surface area contributed by atoms with E-state index in [9.17, 15) is 4.21 Å². The Morgan fingerprint density at radius 3 is 2.00 bits per heavy atom. The van der Waals surface area contributed by atoms with Gasteiger partial charge in [0.05, 0.1) is 15.7 Å². The second kappa shape index (κ2) is 8.36. The average Bonchev–Trinajstić information content (AvgIpc) is 2.45. The molecule has 0 spiro atoms. The molecule has 2 unspecified atom stereocenters. The van der Waals surface area contributed by atoms with Gasteiger partial charge in [0.1, 0.15) is 5.75 Å². The first-order chi connectivity index (χ1) is 11.3. The van der Waals surface area contributed by atoms with Gasteiger partial charge in [0.25, 0.3) is 0 Å². The van der Waals surface area contributed by atoms with Crippen LogP contribution in [0.15, 0.2) is 24.3 Å². The molecule has 0 saturated carbocycles. The highest BCUT2D eigenvalue weighted by atomic mass is 32.2. The molecule has 0 aromatic heterocycles. The summed E-state index contributed by atoms with van der Waals surface area (Å²) in [4.78, 5) is 0. The van der Waals surface area contributed by atoms with Crippen LogP contribution in [0.2, 0.25) is 18.1 Å². The van der Waals surface area contributed by atoms with E-state index in [0.29, 0.717) is 0 Å². The van der Waals surface area contributed by atoms with Crippen LogP contribution in [0.25, 0.3) is 0 Å². The van der Waals surface area contributed by atoms with Crippen LogP contribution < -0.4 is 9.15 Å². The van der Waals surface area contributed by atoms with Crippen LogP contribution in [0.5, 0.6) is 5.75 Å². The summed E-state index contributed by atoms with van der Waals surface area (Å²) < 4.78 is 21.9. The van der Waals surface area contributed by atoms with Crippen LogP contribution in [-0.2, 0) is 11.0 Å². The summed E-state index contributed by atoms with van der Waals surface area (Å²) in [6, 6.07) is 8.43. The molecule has 0 amide bonds. The lowest BCUT2D eigenvalue weighted by Gasteiger charge is -2.36. The van der Waals surface area contributed by atoms with Crippen LogP contribution >= 0.6 is 0 Å². The zero-order chi connectivity index (χ0) is 19.5. The highest BCUT2D eigenvalue weighted by Gasteiger charge is 2.38. The fourth-order valence-electron chi connectivity index (χ4n) is 2.10. The van der Waals surface area contributed by atoms with Gasteiger partial charge in [-0.15, -0.1) is 0 Å². The Kier molecular flexibility index (Phi) is 7.49. The van der Waals surface area contributed by atoms with E-state index in [2.05, 4.69) is 69.8 Å². The standard InChI is InChI=1S/C20H37NO2SSi/c1-10-11-18(21-24(22)19(2,3)4)16-12-14-17(15-13-16)23-25(8,9)20(5,6)7/h12-15,18,21H,10-11H2,1-9H3. The third-order valence-corrected chi connectivity index (χ3v) is 10.8. The van der Waals surface area contributed by atoms with E-state index in [-0.39, 0.29) is 15.8 Å². The van der Waals surface area contributed by atoms with E-state index < -0.39 is 19.3 Å². The first-order valence-corrected chi connectivity index (χ1v) is 13.3. The first-order valence-electron chi connectivity index (χ1n) is 9.25. The number of nitrogens with one attached hydrogen (secondary N) is 1. The summed E-state index contributed by atoms with van der Waals surface area (Å²) in [5.41, 5.74) is 1.17. The number of benzene rings is 1. The Balaban J connectivity index is 2.92. The maximum atomic E-state index is 12.5.